The van der Waals surface area contributed by atoms with Crippen LogP contribution in [0.15, 0.2) is 57.8 Å². The number of amidine groups is 1. The fourth-order valence-electron chi connectivity index (χ4n) is 3.50. The first-order valence-corrected chi connectivity index (χ1v) is 12.5. The lowest BCUT2D eigenvalue weighted by Gasteiger charge is -2.09. The number of carbonyl (C=O) groups excluding carboxylic acids is 2. The predicted octanol–water partition coefficient (Wildman–Crippen LogP) is 4.06. The van der Waals surface area contributed by atoms with Crippen molar-refractivity contribution >= 4 is 49.8 Å². The number of nitrogens with one attached hydrogen (secondary N) is 2. The van der Waals surface area contributed by atoms with Gasteiger partial charge in [0.15, 0.2) is 5.84 Å². The van der Waals surface area contributed by atoms with Crippen LogP contribution in [0, 0.1) is 6.92 Å². The van der Waals surface area contributed by atoms with E-state index in [4.69, 9.17) is 9.47 Å². The minimum Gasteiger partial charge on any atom is -0.495 e. The van der Waals surface area contributed by atoms with Crippen LogP contribution >= 0.6 is 11.3 Å². The summed E-state index contributed by atoms with van der Waals surface area (Å²) in [4.78, 5) is 26.2. The summed E-state index contributed by atoms with van der Waals surface area (Å²) in [5, 5.41) is 6.00. The first-order chi connectivity index (χ1) is 16.3. The van der Waals surface area contributed by atoms with Gasteiger partial charge in [-0.2, -0.15) is 8.42 Å². The second-order valence-corrected chi connectivity index (χ2v) is 9.76. The number of hydrogen-bond acceptors (Lipinski definition) is 8. The average Bonchev–Trinajstić information content (AvgIpc) is 3.27. The van der Waals surface area contributed by atoms with Gasteiger partial charge in [0.05, 0.1) is 29.8 Å². The molecule has 0 aliphatic carbocycles. The van der Waals surface area contributed by atoms with Gasteiger partial charge in [0.25, 0.3) is 15.9 Å². The summed E-state index contributed by atoms with van der Waals surface area (Å²) in [6.07, 6.45) is 0. The Morgan fingerprint density at radius 2 is 1.79 bits per heavy atom. The van der Waals surface area contributed by atoms with Gasteiger partial charge in [0, 0.05) is 5.56 Å². The zero-order chi connectivity index (χ0) is 24.5. The molecule has 0 unspecified atom stereocenters. The molecule has 2 N–H and O–H groups in total. The summed E-state index contributed by atoms with van der Waals surface area (Å²) in [6, 6.07) is 13.3. The molecule has 9 nitrogen and oxygen atoms in total. The Bertz CT molecular complexity index is 1430. The number of esters is 1. The molecule has 1 aliphatic rings. The second kappa shape index (κ2) is 9.27. The third-order valence-electron chi connectivity index (χ3n) is 5.05. The first kappa shape index (κ1) is 23.5. The van der Waals surface area contributed by atoms with Gasteiger partial charge >= 0.3 is 5.97 Å². The van der Waals surface area contributed by atoms with Crippen LogP contribution in [0.2, 0.25) is 0 Å². The van der Waals surface area contributed by atoms with Crippen LogP contribution in [0.5, 0.6) is 5.75 Å². The Morgan fingerprint density at radius 1 is 1.09 bits per heavy atom. The SMILES string of the molecule is CCOC(=O)c1c(NC2=NS(=O)(=O)c3ccccc32)sc(C(=O)Nc2ccccc2OC)c1C. The average molecular weight is 500 g/mol. The maximum Gasteiger partial charge on any atom is 0.341 e. The molecule has 0 radical (unpaired) electrons. The number of para-hydroxylation sites is 2. The highest BCUT2D eigenvalue weighted by atomic mass is 32.2. The minimum absolute atomic E-state index is 0.0672. The predicted molar refractivity (Wildman–Crippen MR) is 130 cm³/mol. The number of benzene rings is 2. The van der Waals surface area contributed by atoms with E-state index >= 15 is 0 Å². The molecule has 0 fully saturated rings. The highest BCUT2D eigenvalue weighted by Crippen LogP contribution is 2.37. The largest absolute Gasteiger partial charge is 0.495 e. The van der Waals surface area contributed by atoms with Crippen molar-refractivity contribution in [3.63, 3.8) is 0 Å². The van der Waals surface area contributed by atoms with Crippen molar-refractivity contribution in [2.45, 2.75) is 18.7 Å². The summed E-state index contributed by atoms with van der Waals surface area (Å²) in [5.74, 6) is -0.535. The Kier molecular flexibility index (Phi) is 6.40. The number of fused-ring (bicyclic) bond motifs is 1. The van der Waals surface area contributed by atoms with Crippen LogP contribution in [0.25, 0.3) is 0 Å². The highest BCUT2D eigenvalue weighted by molar-refractivity contribution is 7.90. The molecule has 4 rings (SSSR count). The third-order valence-corrected chi connectivity index (χ3v) is 7.59. The zero-order valence-corrected chi connectivity index (χ0v) is 20.2. The van der Waals surface area contributed by atoms with Gasteiger partial charge < -0.3 is 20.1 Å². The third kappa shape index (κ3) is 4.27. The molecule has 11 heteroatoms. The summed E-state index contributed by atoms with van der Waals surface area (Å²) >= 11 is 1.00. The highest BCUT2D eigenvalue weighted by Gasteiger charge is 2.32. The Balaban J connectivity index is 1.74. The smallest absolute Gasteiger partial charge is 0.341 e. The molecule has 2 aromatic carbocycles. The standard InChI is InChI=1S/C23H21N3O6S2/c1-4-32-23(28)18-13(2)19(21(27)24-15-10-6-7-11-16(15)31-3)33-22(18)25-20-14-9-5-8-12-17(14)34(29,30)26-20/h5-12H,4H2,1-3H3,(H,24,27)(H,25,26). The maximum atomic E-state index is 13.1. The van der Waals surface area contributed by atoms with Gasteiger partial charge in [-0.15, -0.1) is 15.7 Å². The van der Waals surface area contributed by atoms with Crippen LogP contribution in [-0.4, -0.2) is 39.8 Å². The Hall–Kier alpha value is -3.70. The van der Waals surface area contributed by atoms with Crippen molar-refractivity contribution in [3.05, 3.63) is 70.1 Å². The summed E-state index contributed by atoms with van der Waals surface area (Å²) in [7, 11) is -2.37. The second-order valence-electron chi connectivity index (χ2n) is 7.17. The molecule has 0 bridgehead atoms. The van der Waals surface area contributed by atoms with Crippen molar-refractivity contribution in [1.29, 1.82) is 0 Å². The number of rotatable bonds is 6. The van der Waals surface area contributed by atoms with Gasteiger partial charge in [-0.3, -0.25) is 4.79 Å². The molecular weight excluding hydrogens is 478 g/mol. The number of nitrogens with zero attached hydrogens (tertiary/aromatic N) is 1. The van der Waals surface area contributed by atoms with Gasteiger partial charge in [0.2, 0.25) is 0 Å². The van der Waals surface area contributed by atoms with E-state index < -0.39 is 21.9 Å². The number of carbonyl (C=O) groups is 2. The summed E-state index contributed by atoms with van der Waals surface area (Å²) in [6.45, 7) is 3.44. The van der Waals surface area contributed by atoms with E-state index in [9.17, 15) is 18.0 Å². The topological polar surface area (TPSA) is 123 Å². The van der Waals surface area contributed by atoms with Gasteiger partial charge in [-0.1, -0.05) is 24.3 Å². The maximum absolute atomic E-state index is 13.1. The number of hydrogen-bond donors (Lipinski definition) is 2. The van der Waals surface area contributed by atoms with Crippen LogP contribution in [0.4, 0.5) is 10.7 Å². The fraction of sp³-hybridized carbons (Fsp3) is 0.174. The molecule has 176 valence electrons. The fourth-order valence-corrected chi connectivity index (χ4v) is 5.76. The van der Waals surface area contributed by atoms with Gasteiger partial charge in [-0.25, -0.2) is 4.79 Å². The molecule has 0 spiro atoms. The van der Waals surface area contributed by atoms with E-state index in [1.165, 1.54) is 13.2 Å². The molecule has 0 saturated carbocycles. The molecular formula is C23H21N3O6S2. The number of sulfonamides is 1. The lowest BCUT2D eigenvalue weighted by molar-refractivity contribution is 0.0527. The van der Waals surface area contributed by atoms with E-state index in [2.05, 4.69) is 15.0 Å². The molecule has 34 heavy (non-hydrogen) atoms. The van der Waals surface area contributed by atoms with E-state index in [0.717, 1.165) is 11.3 Å². The first-order valence-electron chi connectivity index (χ1n) is 10.2. The van der Waals surface area contributed by atoms with E-state index in [-0.39, 0.29) is 32.8 Å². The van der Waals surface area contributed by atoms with Crippen LogP contribution < -0.4 is 15.4 Å². The van der Waals surface area contributed by atoms with Crippen molar-refractivity contribution in [2.75, 3.05) is 24.4 Å². The van der Waals surface area contributed by atoms with Crippen molar-refractivity contribution < 1.29 is 27.5 Å². The quantitative estimate of drug-likeness (QED) is 0.490. The Morgan fingerprint density at radius 3 is 2.53 bits per heavy atom. The van der Waals surface area contributed by atoms with E-state index in [1.807, 2.05) is 0 Å². The molecule has 2 heterocycles. The summed E-state index contributed by atoms with van der Waals surface area (Å²) < 4.78 is 39.1. The minimum atomic E-state index is -3.87. The van der Waals surface area contributed by atoms with Crippen molar-refractivity contribution in [1.82, 2.24) is 0 Å². The number of thiophene rings is 1. The normalized spacial score (nSPS) is 13.6. The molecule has 0 atom stereocenters. The Labute approximate surface area is 200 Å². The molecule has 1 aromatic heterocycles. The monoisotopic (exact) mass is 499 g/mol. The number of methoxy groups -OCH3 is 1. The van der Waals surface area contributed by atoms with Crippen molar-refractivity contribution in [3.8, 4) is 5.75 Å². The molecule has 1 aliphatic heterocycles. The van der Waals surface area contributed by atoms with Gasteiger partial charge in [-0.05, 0) is 43.7 Å². The van der Waals surface area contributed by atoms with E-state index in [1.54, 1.807) is 56.3 Å². The van der Waals surface area contributed by atoms with Gasteiger partial charge in [0.1, 0.15) is 15.6 Å². The molecule has 1 amide bonds. The van der Waals surface area contributed by atoms with Crippen LogP contribution in [-0.2, 0) is 14.8 Å². The van der Waals surface area contributed by atoms with Crippen molar-refractivity contribution in [2.24, 2.45) is 4.40 Å². The zero-order valence-electron chi connectivity index (χ0n) is 18.5. The van der Waals surface area contributed by atoms with E-state index in [0.29, 0.717) is 22.6 Å². The lowest BCUT2D eigenvalue weighted by Crippen LogP contribution is -2.15. The molecule has 0 saturated heterocycles. The number of amides is 1. The lowest BCUT2D eigenvalue weighted by atomic mass is 10.1. The van der Waals surface area contributed by atoms with Crippen LogP contribution in [0.1, 0.15) is 38.1 Å². The summed E-state index contributed by atoms with van der Waals surface area (Å²) in [5.41, 5.74) is 1.38. The number of ether oxygens (including phenoxy) is 2. The van der Waals surface area contributed by atoms with Crippen LogP contribution in [0.3, 0.4) is 0 Å². The molecule has 3 aromatic rings. The number of anilines is 2.